The highest BCUT2D eigenvalue weighted by Crippen LogP contribution is 2.26. The van der Waals surface area contributed by atoms with Crippen molar-refractivity contribution in [2.24, 2.45) is 0 Å². The van der Waals surface area contributed by atoms with Crippen molar-refractivity contribution in [1.82, 2.24) is 0 Å². The molecule has 100 valence electrons. The van der Waals surface area contributed by atoms with Crippen molar-refractivity contribution in [3.8, 4) is 0 Å². The fourth-order valence-electron chi connectivity index (χ4n) is 2.42. The Hall–Kier alpha value is -2.35. The van der Waals surface area contributed by atoms with Crippen LogP contribution in [0.5, 0.6) is 0 Å². The van der Waals surface area contributed by atoms with E-state index in [4.69, 9.17) is 4.74 Å². The first-order valence-corrected chi connectivity index (χ1v) is 6.77. The quantitative estimate of drug-likeness (QED) is 0.501. The Balaban J connectivity index is 2.22. The van der Waals surface area contributed by atoms with E-state index in [1.165, 1.54) is 5.39 Å². The van der Waals surface area contributed by atoms with Crippen molar-refractivity contribution in [2.45, 2.75) is 20.0 Å². The van der Waals surface area contributed by atoms with E-state index in [-0.39, 0.29) is 12.1 Å². The highest BCUT2D eigenvalue weighted by molar-refractivity contribution is 6.08. The predicted molar refractivity (Wildman–Crippen MR) is 82.0 cm³/mol. The molecule has 0 saturated carbocycles. The third-order valence-electron chi connectivity index (χ3n) is 3.31. The van der Waals surface area contributed by atoms with Crippen LogP contribution in [0.4, 0.5) is 0 Å². The second-order valence-electron chi connectivity index (χ2n) is 5.18. The fourth-order valence-corrected chi connectivity index (χ4v) is 2.42. The van der Waals surface area contributed by atoms with E-state index in [1.54, 1.807) is 0 Å². The molecule has 0 aromatic heterocycles. The lowest BCUT2D eigenvalue weighted by Gasteiger charge is -2.10. The number of rotatable bonds is 2. The van der Waals surface area contributed by atoms with Crippen molar-refractivity contribution in [3.05, 3.63) is 60.2 Å². The lowest BCUT2D eigenvalue weighted by molar-refractivity contribution is 0.0380. The molecule has 0 aliphatic carbocycles. The molecule has 2 heteroatoms. The van der Waals surface area contributed by atoms with Gasteiger partial charge in [0.1, 0.15) is 0 Å². The minimum atomic E-state index is -0.263. The minimum Gasteiger partial charge on any atom is -0.459 e. The molecule has 0 aliphatic rings. The van der Waals surface area contributed by atoms with Crippen LogP contribution in [0, 0.1) is 0 Å². The van der Waals surface area contributed by atoms with Gasteiger partial charge in [0.15, 0.2) is 0 Å². The summed E-state index contributed by atoms with van der Waals surface area (Å²) in [5.41, 5.74) is 0.627. The molecule has 0 fully saturated rings. The van der Waals surface area contributed by atoms with Gasteiger partial charge in [-0.15, -0.1) is 0 Å². The maximum absolute atomic E-state index is 12.2. The summed E-state index contributed by atoms with van der Waals surface area (Å²) in [7, 11) is 0. The van der Waals surface area contributed by atoms with Gasteiger partial charge in [0.25, 0.3) is 0 Å². The molecule has 20 heavy (non-hydrogen) atoms. The Labute approximate surface area is 118 Å². The summed E-state index contributed by atoms with van der Waals surface area (Å²) in [6, 6.07) is 18.1. The summed E-state index contributed by atoms with van der Waals surface area (Å²) in [6.07, 6.45) is -0.113. The molecule has 3 rings (SSSR count). The first-order valence-electron chi connectivity index (χ1n) is 6.77. The predicted octanol–water partition coefficient (Wildman–Crippen LogP) is 4.56. The Morgan fingerprint density at radius 3 is 2.25 bits per heavy atom. The molecular weight excluding hydrogens is 248 g/mol. The van der Waals surface area contributed by atoms with Crippen molar-refractivity contribution in [2.75, 3.05) is 0 Å². The number of carbonyl (C=O) groups is 1. The largest absolute Gasteiger partial charge is 0.459 e. The standard InChI is InChI=1S/C18H16O2/c1-12(2)20-18(19)16-9-5-8-15-10-13-6-3-4-7-14(13)11-17(15)16/h3-12H,1-2H3. The van der Waals surface area contributed by atoms with Gasteiger partial charge in [-0.05, 0) is 53.6 Å². The highest BCUT2D eigenvalue weighted by Gasteiger charge is 2.13. The molecule has 3 aromatic rings. The van der Waals surface area contributed by atoms with Crippen LogP contribution in [0.3, 0.4) is 0 Å². The third-order valence-corrected chi connectivity index (χ3v) is 3.31. The van der Waals surface area contributed by atoms with Gasteiger partial charge in [0, 0.05) is 0 Å². The maximum atomic E-state index is 12.2. The van der Waals surface area contributed by atoms with Crippen LogP contribution in [-0.2, 0) is 4.74 Å². The van der Waals surface area contributed by atoms with Gasteiger partial charge in [-0.2, -0.15) is 0 Å². The van der Waals surface area contributed by atoms with E-state index in [9.17, 15) is 4.79 Å². The molecule has 0 saturated heterocycles. The van der Waals surface area contributed by atoms with E-state index < -0.39 is 0 Å². The van der Waals surface area contributed by atoms with Crippen LogP contribution in [0.15, 0.2) is 54.6 Å². The summed E-state index contributed by atoms with van der Waals surface area (Å²) >= 11 is 0. The molecule has 3 aromatic carbocycles. The van der Waals surface area contributed by atoms with Gasteiger partial charge in [0.05, 0.1) is 11.7 Å². The molecular formula is C18H16O2. The summed E-state index contributed by atoms with van der Waals surface area (Å²) in [6.45, 7) is 3.72. The van der Waals surface area contributed by atoms with E-state index in [1.807, 2.05) is 44.2 Å². The molecule has 0 unspecified atom stereocenters. The average molecular weight is 264 g/mol. The Kier molecular flexibility index (Phi) is 3.15. The number of ether oxygens (including phenoxy) is 1. The van der Waals surface area contributed by atoms with Crippen molar-refractivity contribution in [3.63, 3.8) is 0 Å². The van der Waals surface area contributed by atoms with Crippen LogP contribution >= 0.6 is 0 Å². The van der Waals surface area contributed by atoms with Gasteiger partial charge in [0.2, 0.25) is 0 Å². The molecule has 2 nitrogen and oxygen atoms in total. The topological polar surface area (TPSA) is 26.3 Å². The maximum Gasteiger partial charge on any atom is 0.339 e. The Morgan fingerprint density at radius 1 is 0.900 bits per heavy atom. The number of carbonyl (C=O) groups excluding carboxylic acids is 1. The molecule has 0 atom stereocenters. The fraction of sp³-hybridized carbons (Fsp3) is 0.167. The first kappa shape index (κ1) is 12.7. The number of fused-ring (bicyclic) bond motifs is 2. The summed E-state index contributed by atoms with van der Waals surface area (Å²) < 4.78 is 5.32. The van der Waals surface area contributed by atoms with Crippen molar-refractivity contribution < 1.29 is 9.53 Å². The third kappa shape index (κ3) is 2.25. The lowest BCUT2D eigenvalue weighted by Crippen LogP contribution is -2.11. The first-order chi connectivity index (χ1) is 9.65. The molecule has 0 radical (unpaired) electrons. The van der Waals surface area contributed by atoms with Crippen molar-refractivity contribution in [1.29, 1.82) is 0 Å². The van der Waals surface area contributed by atoms with Crippen LogP contribution < -0.4 is 0 Å². The summed E-state index contributed by atoms with van der Waals surface area (Å²) in [4.78, 5) is 12.2. The van der Waals surface area contributed by atoms with E-state index in [0.717, 1.165) is 16.2 Å². The van der Waals surface area contributed by atoms with Crippen LogP contribution in [0.25, 0.3) is 21.5 Å². The Morgan fingerprint density at radius 2 is 1.55 bits per heavy atom. The summed E-state index contributed by atoms with van der Waals surface area (Å²) in [5.74, 6) is -0.263. The molecule has 0 spiro atoms. The molecule has 0 bridgehead atoms. The number of hydrogen-bond donors (Lipinski definition) is 0. The second-order valence-corrected chi connectivity index (χ2v) is 5.18. The second kappa shape index (κ2) is 4.97. The monoisotopic (exact) mass is 264 g/mol. The molecule has 0 N–H and O–H groups in total. The van der Waals surface area contributed by atoms with E-state index in [2.05, 4.69) is 24.3 Å². The lowest BCUT2D eigenvalue weighted by atomic mass is 10.00. The van der Waals surface area contributed by atoms with Gasteiger partial charge >= 0.3 is 5.97 Å². The Bertz CT molecular complexity index is 788. The summed E-state index contributed by atoms with van der Waals surface area (Å²) in [5, 5.41) is 4.30. The van der Waals surface area contributed by atoms with Gasteiger partial charge in [-0.25, -0.2) is 4.79 Å². The zero-order valence-electron chi connectivity index (χ0n) is 11.6. The smallest absolute Gasteiger partial charge is 0.339 e. The number of benzene rings is 3. The molecule has 0 amide bonds. The minimum absolute atomic E-state index is 0.113. The average Bonchev–Trinajstić information content (AvgIpc) is 2.43. The van der Waals surface area contributed by atoms with Crippen LogP contribution in [0.1, 0.15) is 24.2 Å². The van der Waals surface area contributed by atoms with E-state index >= 15 is 0 Å². The SMILES string of the molecule is CC(C)OC(=O)c1cccc2cc3ccccc3cc12. The molecule has 0 aliphatic heterocycles. The molecule has 0 heterocycles. The highest BCUT2D eigenvalue weighted by atomic mass is 16.5. The van der Waals surface area contributed by atoms with Gasteiger partial charge in [-0.3, -0.25) is 0 Å². The van der Waals surface area contributed by atoms with Crippen molar-refractivity contribution >= 4 is 27.5 Å². The normalized spacial score (nSPS) is 11.2. The van der Waals surface area contributed by atoms with Gasteiger partial charge < -0.3 is 4.74 Å². The van der Waals surface area contributed by atoms with Crippen LogP contribution in [0.2, 0.25) is 0 Å². The number of esters is 1. The van der Waals surface area contributed by atoms with Crippen LogP contribution in [-0.4, -0.2) is 12.1 Å². The number of hydrogen-bond acceptors (Lipinski definition) is 2. The zero-order chi connectivity index (χ0) is 14.1. The van der Waals surface area contributed by atoms with E-state index in [0.29, 0.717) is 5.56 Å². The zero-order valence-corrected chi connectivity index (χ0v) is 11.6. The van der Waals surface area contributed by atoms with Gasteiger partial charge in [-0.1, -0.05) is 36.4 Å².